The van der Waals surface area contributed by atoms with Gasteiger partial charge in [0.1, 0.15) is 11.9 Å². The molecule has 0 aliphatic carbocycles. The molecule has 110 valence electrons. The number of hydrogen-bond acceptors (Lipinski definition) is 4. The quantitative estimate of drug-likeness (QED) is 0.904. The van der Waals surface area contributed by atoms with E-state index >= 15 is 0 Å². The van der Waals surface area contributed by atoms with Gasteiger partial charge in [-0.1, -0.05) is 13.8 Å². The summed E-state index contributed by atoms with van der Waals surface area (Å²) in [6, 6.07) is 1.30. The van der Waals surface area contributed by atoms with Gasteiger partial charge in [0.2, 0.25) is 6.23 Å². The number of methoxy groups -OCH3 is 1. The molecule has 0 amide bonds. The van der Waals surface area contributed by atoms with Gasteiger partial charge in [-0.05, 0) is 18.4 Å². The Labute approximate surface area is 117 Å². The molecule has 0 saturated heterocycles. The minimum atomic E-state index is -0.571. The van der Waals surface area contributed by atoms with Crippen LogP contribution in [0, 0.1) is 5.92 Å². The first-order valence-corrected chi connectivity index (χ1v) is 6.64. The monoisotopic (exact) mass is 280 g/mol. The molecular weight excluding hydrogens is 260 g/mol. The average Bonchev–Trinajstić information content (AvgIpc) is 2.65. The third-order valence-electron chi connectivity index (χ3n) is 3.36. The fourth-order valence-electron chi connectivity index (χ4n) is 2.38. The molecule has 1 N–H and O–H groups in total. The summed E-state index contributed by atoms with van der Waals surface area (Å²) < 4.78 is 12.7. The Hall–Kier alpha value is -1.82. The Bertz CT molecular complexity index is 627. The molecule has 1 aromatic heterocycles. The Kier molecular flexibility index (Phi) is 4.13. The van der Waals surface area contributed by atoms with Gasteiger partial charge in [0, 0.05) is 25.8 Å². The van der Waals surface area contributed by atoms with Crippen LogP contribution in [0.2, 0.25) is 0 Å². The van der Waals surface area contributed by atoms with Crippen LogP contribution >= 0.6 is 0 Å². The molecule has 2 atom stereocenters. The van der Waals surface area contributed by atoms with Crippen LogP contribution in [-0.2, 0) is 9.47 Å². The molecule has 0 saturated carbocycles. The molecule has 0 radical (unpaired) electrons. The van der Waals surface area contributed by atoms with Crippen LogP contribution in [0.3, 0.4) is 0 Å². The predicted molar refractivity (Wildman–Crippen MR) is 74.4 cm³/mol. The van der Waals surface area contributed by atoms with E-state index in [1.807, 2.05) is 6.92 Å². The molecule has 6 nitrogen and oxygen atoms in total. The number of nitrogens with one attached hydrogen (secondary N) is 1. The molecule has 0 aromatic carbocycles. The van der Waals surface area contributed by atoms with Crippen molar-refractivity contribution in [2.75, 3.05) is 7.11 Å². The lowest BCUT2D eigenvalue weighted by Crippen LogP contribution is -2.36. The van der Waals surface area contributed by atoms with E-state index in [9.17, 15) is 9.59 Å². The van der Waals surface area contributed by atoms with Crippen LogP contribution in [0.1, 0.15) is 33.4 Å². The molecule has 20 heavy (non-hydrogen) atoms. The number of hydrogen-bond donors (Lipinski definition) is 1. The van der Waals surface area contributed by atoms with E-state index in [-0.39, 0.29) is 6.10 Å². The standard InChI is InChI=1S/C14H20N2O4/c1-8(2)7-10-9(3)12(19-4)13(20-10)16-6-5-11(17)15-14(16)18/h5-6,8,12-13H,7H2,1-4H3,(H,15,17,18)/t12?,13-/m1/s1. The van der Waals surface area contributed by atoms with Crippen LogP contribution in [0.25, 0.3) is 0 Å². The van der Waals surface area contributed by atoms with Crippen LogP contribution in [0.15, 0.2) is 33.2 Å². The maximum atomic E-state index is 11.9. The number of allylic oxidation sites excluding steroid dienone is 1. The van der Waals surface area contributed by atoms with Crippen LogP contribution in [0.4, 0.5) is 0 Å². The summed E-state index contributed by atoms with van der Waals surface area (Å²) in [5.41, 5.74) is 0.0674. The fourth-order valence-corrected chi connectivity index (χ4v) is 2.38. The first-order valence-electron chi connectivity index (χ1n) is 6.64. The zero-order valence-corrected chi connectivity index (χ0v) is 12.2. The van der Waals surface area contributed by atoms with E-state index < -0.39 is 17.5 Å². The van der Waals surface area contributed by atoms with Gasteiger partial charge >= 0.3 is 5.69 Å². The number of H-pyrrole nitrogens is 1. The average molecular weight is 280 g/mol. The van der Waals surface area contributed by atoms with E-state index in [1.54, 1.807) is 7.11 Å². The SMILES string of the molecule is COC1C(C)=C(CC(C)C)O[C@H]1n1ccc(=O)[nH]c1=O. The minimum Gasteiger partial charge on any atom is -0.471 e. The second kappa shape index (κ2) is 5.66. The van der Waals surface area contributed by atoms with Gasteiger partial charge in [0.05, 0.1) is 0 Å². The number of nitrogens with zero attached hydrogens (tertiary/aromatic N) is 1. The Balaban J connectivity index is 2.35. The molecule has 0 bridgehead atoms. The van der Waals surface area contributed by atoms with Crippen molar-refractivity contribution in [3.05, 3.63) is 44.4 Å². The van der Waals surface area contributed by atoms with Gasteiger partial charge in [0.25, 0.3) is 5.56 Å². The zero-order valence-electron chi connectivity index (χ0n) is 12.2. The van der Waals surface area contributed by atoms with Crippen molar-refractivity contribution >= 4 is 0 Å². The van der Waals surface area contributed by atoms with Crippen molar-refractivity contribution in [1.82, 2.24) is 9.55 Å². The number of aromatic amines is 1. The van der Waals surface area contributed by atoms with Crippen LogP contribution in [-0.4, -0.2) is 22.8 Å². The first-order chi connectivity index (χ1) is 9.43. The van der Waals surface area contributed by atoms with Crippen molar-refractivity contribution < 1.29 is 9.47 Å². The smallest absolute Gasteiger partial charge is 0.331 e. The minimum absolute atomic E-state index is 0.327. The van der Waals surface area contributed by atoms with E-state index in [4.69, 9.17) is 9.47 Å². The second-order valence-electron chi connectivity index (χ2n) is 5.39. The lowest BCUT2D eigenvalue weighted by atomic mass is 10.0. The van der Waals surface area contributed by atoms with Crippen LogP contribution in [0.5, 0.6) is 0 Å². The predicted octanol–water partition coefficient (Wildman–Crippen LogP) is 1.40. The molecule has 2 rings (SSSR count). The van der Waals surface area contributed by atoms with Crippen molar-refractivity contribution in [3.63, 3.8) is 0 Å². The zero-order chi connectivity index (χ0) is 14.9. The topological polar surface area (TPSA) is 73.3 Å². The van der Waals surface area contributed by atoms with Gasteiger partial charge in [0.15, 0.2) is 0 Å². The highest BCUT2D eigenvalue weighted by molar-refractivity contribution is 5.18. The summed E-state index contributed by atoms with van der Waals surface area (Å²) >= 11 is 0. The number of aromatic nitrogens is 2. The van der Waals surface area contributed by atoms with Gasteiger partial charge in [-0.15, -0.1) is 0 Å². The molecule has 1 aliphatic heterocycles. The highest BCUT2D eigenvalue weighted by Gasteiger charge is 2.36. The normalized spacial score (nSPS) is 22.4. The lowest BCUT2D eigenvalue weighted by Gasteiger charge is -2.21. The van der Waals surface area contributed by atoms with Gasteiger partial charge < -0.3 is 9.47 Å². The Morgan fingerprint density at radius 2 is 2.15 bits per heavy atom. The van der Waals surface area contributed by atoms with E-state index in [0.717, 1.165) is 17.8 Å². The summed E-state index contributed by atoms with van der Waals surface area (Å²) in [5, 5.41) is 0. The third-order valence-corrected chi connectivity index (χ3v) is 3.36. The fraction of sp³-hybridized carbons (Fsp3) is 0.571. The summed E-state index contributed by atoms with van der Waals surface area (Å²) in [6.45, 7) is 6.15. The Morgan fingerprint density at radius 1 is 1.45 bits per heavy atom. The summed E-state index contributed by atoms with van der Waals surface area (Å²) in [6.07, 6.45) is 1.33. The molecule has 0 fully saturated rings. The molecule has 1 aromatic rings. The molecular formula is C14H20N2O4. The molecule has 0 spiro atoms. The van der Waals surface area contributed by atoms with Gasteiger partial charge in [-0.3, -0.25) is 14.3 Å². The molecule has 6 heteroatoms. The van der Waals surface area contributed by atoms with E-state index in [1.165, 1.54) is 16.8 Å². The van der Waals surface area contributed by atoms with Gasteiger partial charge in [-0.2, -0.15) is 0 Å². The van der Waals surface area contributed by atoms with E-state index in [0.29, 0.717) is 5.92 Å². The van der Waals surface area contributed by atoms with Gasteiger partial charge in [-0.25, -0.2) is 4.79 Å². The summed E-state index contributed by atoms with van der Waals surface area (Å²) in [5.74, 6) is 1.30. The van der Waals surface area contributed by atoms with Crippen LogP contribution < -0.4 is 11.2 Å². The van der Waals surface area contributed by atoms with E-state index in [2.05, 4.69) is 18.8 Å². The summed E-state index contributed by atoms with van der Waals surface area (Å²) in [4.78, 5) is 25.2. The molecule has 1 aliphatic rings. The third kappa shape index (κ3) is 2.70. The first kappa shape index (κ1) is 14.6. The Morgan fingerprint density at radius 3 is 2.70 bits per heavy atom. The highest BCUT2D eigenvalue weighted by Crippen LogP contribution is 2.36. The second-order valence-corrected chi connectivity index (χ2v) is 5.39. The van der Waals surface area contributed by atoms with Crippen molar-refractivity contribution in [2.45, 2.75) is 39.5 Å². The highest BCUT2D eigenvalue weighted by atomic mass is 16.6. The summed E-state index contributed by atoms with van der Waals surface area (Å²) in [7, 11) is 1.58. The lowest BCUT2D eigenvalue weighted by molar-refractivity contribution is -0.0281. The number of ether oxygens (including phenoxy) is 2. The maximum Gasteiger partial charge on any atom is 0.331 e. The maximum absolute atomic E-state index is 11.9. The number of rotatable bonds is 4. The van der Waals surface area contributed by atoms with Crippen molar-refractivity contribution in [1.29, 1.82) is 0 Å². The van der Waals surface area contributed by atoms with Crippen molar-refractivity contribution in [3.8, 4) is 0 Å². The molecule has 2 heterocycles. The largest absolute Gasteiger partial charge is 0.471 e. The molecule has 1 unspecified atom stereocenters. The van der Waals surface area contributed by atoms with Crippen molar-refractivity contribution in [2.24, 2.45) is 5.92 Å².